The minimum absolute atomic E-state index is 0.0749. The zero-order valence-electron chi connectivity index (χ0n) is 8.98. The van der Waals surface area contributed by atoms with Crippen LogP contribution in [0.4, 0.5) is 0 Å². The summed E-state index contributed by atoms with van der Waals surface area (Å²) in [5.74, 6) is 1.17. The molecule has 0 saturated carbocycles. The summed E-state index contributed by atoms with van der Waals surface area (Å²) in [6.07, 6.45) is 0. The lowest BCUT2D eigenvalue weighted by Gasteiger charge is -1.94. The monoisotopic (exact) mass is 221 g/mol. The smallest absolute Gasteiger partial charge is 0.375 e. The number of carbonyl (C=O) groups excluding carboxylic acids is 1. The Morgan fingerprint density at radius 2 is 2.38 bits per heavy atom. The summed E-state index contributed by atoms with van der Waals surface area (Å²) in [4.78, 5) is 15.3. The third-order valence-corrected chi connectivity index (χ3v) is 1.91. The topological polar surface area (TPSA) is 81.0 Å². The summed E-state index contributed by atoms with van der Waals surface area (Å²) < 4.78 is 10.1. The van der Waals surface area contributed by atoms with Crippen molar-refractivity contribution in [2.75, 3.05) is 6.61 Å². The molecule has 1 N–H and O–H groups in total. The highest BCUT2D eigenvalue weighted by atomic mass is 16.5. The number of aryl methyl sites for hydroxylation is 1. The van der Waals surface area contributed by atoms with E-state index in [0.717, 1.165) is 5.76 Å². The largest absolute Gasteiger partial charge is 0.460 e. The van der Waals surface area contributed by atoms with E-state index in [9.17, 15) is 4.79 Å². The van der Waals surface area contributed by atoms with Crippen LogP contribution in [0.3, 0.4) is 0 Å². The SMILES string of the molecule is CCOC(=O)c1nc(-c2ccc(C)o2)n[nH]1. The van der Waals surface area contributed by atoms with E-state index >= 15 is 0 Å². The maximum atomic E-state index is 11.3. The Kier molecular flexibility index (Phi) is 2.72. The molecule has 0 fully saturated rings. The second-order valence-corrected chi connectivity index (χ2v) is 3.14. The van der Waals surface area contributed by atoms with Gasteiger partial charge in [-0.15, -0.1) is 5.10 Å². The minimum atomic E-state index is -0.524. The molecule has 0 saturated heterocycles. The molecule has 84 valence electrons. The van der Waals surface area contributed by atoms with Gasteiger partial charge in [0, 0.05) is 0 Å². The fourth-order valence-corrected chi connectivity index (χ4v) is 1.22. The molecule has 16 heavy (non-hydrogen) atoms. The lowest BCUT2D eigenvalue weighted by atomic mass is 10.4. The molecule has 0 atom stereocenters. The highest BCUT2D eigenvalue weighted by molar-refractivity contribution is 5.85. The standard InChI is InChI=1S/C10H11N3O3/c1-3-15-10(14)9-11-8(12-13-9)7-5-4-6(2)16-7/h4-5H,3H2,1-2H3,(H,11,12,13). The van der Waals surface area contributed by atoms with Gasteiger partial charge in [-0.05, 0) is 26.0 Å². The molecule has 2 aromatic rings. The number of furan rings is 1. The quantitative estimate of drug-likeness (QED) is 0.795. The van der Waals surface area contributed by atoms with Crippen molar-refractivity contribution in [3.63, 3.8) is 0 Å². The molecule has 0 aliphatic rings. The second-order valence-electron chi connectivity index (χ2n) is 3.14. The molecule has 0 aliphatic carbocycles. The van der Waals surface area contributed by atoms with Crippen LogP contribution < -0.4 is 0 Å². The molecule has 2 aromatic heterocycles. The number of nitrogens with zero attached hydrogens (tertiary/aromatic N) is 2. The molecule has 0 aliphatic heterocycles. The average Bonchev–Trinajstić information content (AvgIpc) is 2.85. The third-order valence-electron chi connectivity index (χ3n) is 1.91. The maximum absolute atomic E-state index is 11.3. The van der Waals surface area contributed by atoms with Crippen LogP contribution in [0.1, 0.15) is 23.3 Å². The van der Waals surface area contributed by atoms with E-state index in [4.69, 9.17) is 9.15 Å². The predicted molar refractivity (Wildman–Crippen MR) is 54.8 cm³/mol. The molecule has 6 heteroatoms. The van der Waals surface area contributed by atoms with Crippen molar-refractivity contribution in [1.82, 2.24) is 15.2 Å². The van der Waals surface area contributed by atoms with Crippen LogP contribution in [0.15, 0.2) is 16.5 Å². The van der Waals surface area contributed by atoms with Gasteiger partial charge in [0.2, 0.25) is 11.6 Å². The Bertz CT molecular complexity index is 501. The van der Waals surface area contributed by atoms with E-state index in [1.54, 1.807) is 19.1 Å². The van der Waals surface area contributed by atoms with Crippen molar-refractivity contribution in [3.8, 4) is 11.6 Å². The fraction of sp³-hybridized carbons (Fsp3) is 0.300. The van der Waals surface area contributed by atoms with Gasteiger partial charge in [0.05, 0.1) is 6.61 Å². The van der Waals surface area contributed by atoms with Crippen LogP contribution in [0.5, 0.6) is 0 Å². The number of aromatic amines is 1. The van der Waals surface area contributed by atoms with Crippen LogP contribution in [-0.2, 0) is 4.74 Å². The van der Waals surface area contributed by atoms with Crippen molar-refractivity contribution in [1.29, 1.82) is 0 Å². The summed E-state index contributed by atoms with van der Waals surface area (Å²) in [5, 5.41) is 6.37. The molecule has 0 radical (unpaired) electrons. The molecule has 0 amide bonds. The van der Waals surface area contributed by atoms with Crippen LogP contribution in [-0.4, -0.2) is 27.8 Å². The van der Waals surface area contributed by atoms with Crippen molar-refractivity contribution < 1.29 is 13.9 Å². The maximum Gasteiger partial charge on any atom is 0.375 e. The number of esters is 1. The normalized spacial score (nSPS) is 10.4. The molecule has 0 unspecified atom stereocenters. The molecule has 0 bridgehead atoms. The number of nitrogens with one attached hydrogen (secondary N) is 1. The molecule has 6 nitrogen and oxygen atoms in total. The predicted octanol–water partition coefficient (Wildman–Crippen LogP) is 1.55. The minimum Gasteiger partial charge on any atom is -0.460 e. The number of rotatable bonds is 3. The number of hydrogen-bond acceptors (Lipinski definition) is 5. The zero-order valence-corrected chi connectivity index (χ0v) is 8.98. The summed E-state index contributed by atoms with van der Waals surface area (Å²) in [5.41, 5.74) is 0. The highest BCUT2D eigenvalue weighted by Crippen LogP contribution is 2.17. The first-order valence-corrected chi connectivity index (χ1v) is 4.87. The van der Waals surface area contributed by atoms with E-state index in [0.29, 0.717) is 18.2 Å². The van der Waals surface area contributed by atoms with Gasteiger partial charge in [0.1, 0.15) is 5.76 Å². The van der Waals surface area contributed by atoms with Gasteiger partial charge in [-0.25, -0.2) is 4.79 Å². The van der Waals surface area contributed by atoms with Gasteiger partial charge in [-0.3, -0.25) is 5.10 Å². The van der Waals surface area contributed by atoms with Crippen molar-refractivity contribution in [3.05, 3.63) is 23.7 Å². The lowest BCUT2D eigenvalue weighted by Crippen LogP contribution is -2.06. The first-order valence-electron chi connectivity index (χ1n) is 4.87. The Balaban J connectivity index is 2.22. The van der Waals surface area contributed by atoms with Crippen LogP contribution >= 0.6 is 0 Å². The number of carbonyl (C=O) groups is 1. The van der Waals surface area contributed by atoms with Crippen LogP contribution in [0.2, 0.25) is 0 Å². The van der Waals surface area contributed by atoms with Gasteiger partial charge in [0.25, 0.3) is 0 Å². The molecule has 0 aromatic carbocycles. The van der Waals surface area contributed by atoms with Crippen molar-refractivity contribution >= 4 is 5.97 Å². The van der Waals surface area contributed by atoms with Gasteiger partial charge in [-0.1, -0.05) is 0 Å². The van der Waals surface area contributed by atoms with E-state index in [1.165, 1.54) is 0 Å². The van der Waals surface area contributed by atoms with Crippen molar-refractivity contribution in [2.24, 2.45) is 0 Å². The van der Waals surface area contributed by atoms with Gasteiger partial charge in [-0.2, -0.15) is 4.98 Å². The van der Waals surface area contributed by atoms with E-state index in [1.807, 2.05) is 6.92 Å². The number of hydrogen-bond donors (Lipinski definition) is 1. The van der Waals surface area contributed by atoms with Crippen LogP contribution in [0.25, 0.3) is 11.6 Å². The number of aromatic nitrogens is 3. The molecule has 2 heterocycles. The molecular weight excluding hydrogens is 210 g/mol. The first-order chi connectivity index (χ1) is 7.70. The van der Waals surface area contributed by atoms with Gasteiger partial charge in [0.15, 0.2) is 5.76 Å². The van der Waals surface area contributed by atoms with E-state index in [2.05, 4.69) is 15.2 Å². The Hall–Kier alpha value is -2.11. The van der Waals surface area contributed by atoms with E-state index < -0.39 is 5.97 Å². The highest BCUT2D eigenvalue weighted by Gasteiger charge is 2.15. The Labute approximate surface area is 91.6 Å². The lowest BCUT2D eigenvalue weighted by molar-refractivity contribution is 0.0512. The van der Waals surface area contributed by atoms with E-state index in [-0.39, 0.29) is 5.82 Å². The zero-order chi connectivity index (χ0) is 11.5. The Morgan fingerprint density at radius 3 is 3.00 bits per heavy atom. The summed E-state index contributed by atoms with van der Waals surface area (Å²) in [6, 6.07) is 3.54. The summed E-state index contributed by atoms with van der Waals surface area (Å²) >= 11 is 0. The molecular formula is C10H11N3O3. The second kappa shape index (κ2) is 4.18. The average molecular weight is 221 g/mol. The van der Waals surface area contributed by atoms with Gasteiger partial charge >= 0.3 is 5.97 Å². The summed E-state index contributed by atoms with van der Waals surface area (Å²) in [6.45, 7) is 3.85. The van der Waals surface area contributed by atoms with Crippen LogP contribution in [0, 0.1) is 6.92 Å². The Morgan fingerprint density at radius 1 is 1.56 bits per heavy atom. The van der Waals surface area contributed by atoms with Gasteiger partial charge < -0.3 is 9.15 Å². The number of ether oxygens (including phenoxy) is 1. The fourth-order valence-electron chi connectivity index (χ4n) is 1.22. The van der Waals surface area contributed by atoms with Crippen molar-refractivity contribution in [2.45, 2.75) is 13.8 Å². The summed E-state index contributed by atoms with van der Waals surface area (Å²) in [7, 11) is 0. The third kappa shape index (κ3) is 1.95. The first kappa shape index (κ1) is 10.4. The number of H-pyrrole nitrogens is 1. The molecule has 2 rings (SSSR count). The molecule has 0 spiro atoms.